The van der Waals surface area contributed by atoms with E-state index in [4.69, 9.17) is 5.11 Å². The highest BCUT2D eigenvalue weighted by molar-refractivity contribution is 7.13. The summed E-state index contributed by atoms with van der Waals surface area (Å²) in [5.41, 5.74) is 0.516. The van der Waals surface area contributed by atoms with E-state index < -0.39 is 17.7 Å². The topological polar surface area (TPSA) is 37.3 Å². The van der Waals surface area contributed by atoms with Gasteiger partial charge in [-0.25, -0.2) is 4.79 Å². The molecule has 1 aromatic carbocycles. The van der Waals surface area contributed by atoms with Crippen molar-refractivity contribution >= 4 is 17.3 Å². The molecule has 0 unspecified atom stereocenters. The van der Waals surface area contributed by atoms with Crippen LogP contribution in [0.1, 0.15) is 21.5 Å². The van der Waals surface area contributed by atoms with E-state index in [1.165, 1.54) is 28.8 Å². The number of aryl methyl sites for hydroxylation is 1. The van der Waals surface area contributed by atoms with Crippen molar-refractivity contribution in [3.05, 3.63) is 46.3 Å². The molecular formula is C13H9F3O2S. The predicted octanol–water partition coefficient (Wildman–Crippen LogP) is 4.44. The Morgan fingerprint density at radius 2 is 1.95 bits per heavy atom. The van der Waals surface area contributed by atoms with Crippen LogP contribution in [-0.2, 0) is 6.18 Å². The fourth-order valence-electron chi connectivity index (χ4n) is 1.71. The molecule has 2 rings (SSSR count). The van der Waals surface area contributed by atoms with Crippen molar-refractivity contribution in [1.82, 2.24) is 0 Å². The number of alkyl halides is 3. The Balaban J connectivity index is 2.43. The highest BCUT2D eigenvalue weighted by Gasteiger charge is 2.30. The normalized spacial score (nSPS) is 11.6. The Kier molecular flexibility index (Phi) is 3.36. The van der Waals surface area contributed by atoms with Crippen LogP contribution in [0.3, 0.4) is 0 Å². The van der Waals surface area contributed by atoms with E-state index in [-0.39, 0.29) is 5.56 Å². The van der Waals surface area contributed by atoms with Crippen LogP contribution in [-0.4, -0.2) is 11.1 Å². The highest BCUT2D eigenvalue weighted by atomic mass is 32.1. The summed E-state index contributed by atoms with van der Waals surface area (Å²) in [6.45, 7) is 1.57. The number of hydrogen-bond acceptors (Lipinski definition) is 2. The minimum Gasteiger partial charge on any atom is -0.478 e. The summed E-state index contributed by atoms with van der Waals surface area (Å²) in [6.07, 6.45) is -4.37. The molecule has 0 aliphatic heterocycles. The first-order valence-electron chi connectivity index (χ1n) is 5.29. The molecule has 0 radical (unpaired) electrons. The Bertz CT molecular complexity index is 629. The average Bonchev–Trinajstić information content (AvgIpc) is 2.76. The predicted molar refractivity (Wildman–Crippen MR) is 66.5 cm³/mol. The number of thiophene rings is 1. The van der Waals surface area contributed by atoms with E-state index >= 15 is 0 Å². The van der Waals surface area contributed by atoms with Crippen LogP contribution in [0.5, 0.6) is 0 Å². The molecular weight excluding hydrogens is 277 g/mol. The van der Waals surface area contributed by atoms with Gasteiger partial charge in [0.15, 0.2) is 0 Å². The number of halogens is 3. The monoisotopic (exact) mass is 286 g/mol. The first-order valence-corrected chi connectivity index (χ1v) is 6.17. The Labute approximate surface area is 111 Å². The summed E-state index contributed by atoms with van der Waals surface area (Å²) in [5, 5.41) is 10.3. The fraction of sp³-hybridized carbons (Fsp3) is 0.154. The molecule has 2 aromatic rings. The Morgan fingerprint density at radius 3 is 2.42 bits per heavy atom. The number of benzene rings is 1. The smallest absolute Gasteiger partial charge is 0.416 e. The number of carbonyl (C=O) groups is 1. The van der Waals surface area contributed by atoms with E-state index in [1.807, 2.05) is 0 Å². The lowest BCUT2D eigenvalue weighted by Crippen LogP contribution is -2.05. The first kappa shape index (κ1) is 13.6. The minimum absolute atomic E-state index is 0.138. The minimum atomic E-state index is -4.37. The molecule has 0 saturated carbocycles. The standard InChI is InChI=1S/C13H9F3O2S/c1-7-4-9(13(14,15)16)2-3-10(7)11-5-8(6-19-11)12(17)18/h2-6H,1H3,(H,17,18). The highest BCUT2D eigenvalue weighted by Crippen LogP contribution is 2.35. The van der Waals surface area contributed by atoms with Gasteiger partial charge in [0.25, 0.3) is 0 Å². The van der Waals surface area contributed by atoms with Gasteiger partial charge in [-0.15, -0.1) is 11.3 Å². The molecule has 0 saturated heterocycles. The Hall–Kier alpha value is -1.82. The summed E-state index contributed by atoms with van der Waals surface area (Å²) >= 11 is 1.20. The second-order valence-corrected chi connectivity index (χ2v) is 4.94. The summed E-state index contributed by atoms with van der Waals surface area (Å²) in [5.74, 6) is -1.05. The van der Waals surface area contributed by atoms with E-state index in [1.54, 1.807) is 6.92 Å². The van der Waals surface area contributed by atoms with Gasteiger partial charge in [0.1, 0.15) is 0 Å². The number of carboxylic acids is 1. The first-order chi connectivity index (χ1) is 8.79. The molecule has 6 heteroatoms. The number of carboxylic acid groups (broad SMARTS) is 1. The molecule has 19 heavy (non-hydrogen) atoms. The molecule has 1 heterocycles. The zero-order chi connectivity index (χ0) is 14.2. The average molecular weight is 286 g/mol. The van der Waals surface area contributed by atoms with E-state index in [0.29, 0.717) is 16.0 Å². The van der Waals surface area contributed by atoms with Crippen molar-refractivity contribution in [3.8, 4) is 10.4 Å². The molecule has 0 amide bonds. The second-order valence-electron chi connectivity index (χ2n) is 4.03. The summed E-state index contributed by atoms with van der Waals surface area (Å²) in [7, 11) is 0. The van der Waals surface area contributed by atoms with Crippen LogP contribution in [0.4, 0.5) is 13.2 Å². The molecule has 1 aromatic heterocycles. The second kappa shape index (κ2) is 4.70. The van der Waals surface area contributed by atoms with Gasteiger partial charge in [0.05, 0.1) is 11.1 Å². The number of aromatic carboxylic acids is 1. The molecule has 0 aliphatic rings. The van der Waals surface area contributed by atoms with E-state index in [2.05, 4.69) is 0 Å². The van der Waals surface area contributed by atoms with Crippen LogP contribution in [0.15, 0.2) is 29.6 Å². The van der Waals surface area contributed by atoms with Crippen molar-refractivity contribution < 1.29 is 23.1 Å². The maximum Gasteiger partial charge on any atom is 0.416 e. The van der Waals surface area contributed by atoms with Crippen LogP contribution in [0, 0.1) is 6.92 Å². The summed E-state index contributed by atoms with van der Waals surface area (Å²) < 4.78 is 37.6. The van der Waals surface area contributed by atoms with Crippen molar-refractivity contribution in [2.75, 3.05) is 0 Å². The SMILES string of the molecule is Cc1cc(C(F)(F)F)ccc1-c1cc(C(=O)O)cs1. The zero-order valence-electron chi connectivity index (χ0n) is 9.78. The third-order valence-electron chi connectivity index (χ3n) is 2.67. The van der Waals surface area contributed by atoms with Gasteiger partial charge in [-0.2, -0.15) is 13.2 Å². The van der Waals surface area contributed by atoms with Crippen molar-refractivity contribution in [1.29, 1.82) is 0 Å². The molecule has 0 atom stereocenters. The molecule has 1 N–H and O–H groups in total. The van der Waals surface area contributed by atoms with Gasteiger partial charge in [-0.05, 0) is 36.2 Å². The lowest BCUT2D eigenvalue weighted by molar-refractivity contribution is -0.137. The summed E-state index contributed by atoms with van der Waals surface area (Å²) in [4.78, 5) is 11.4. The third-order valence-corrected chi connectivity index (χ3v) is 3.63. The van der Waals surface area contributed by atoms with Crippen molar-refractivity contribution in [3.63, 3.8) is 0 Å². The van der Waals surface area contributed by atoms with Gasteiger partial charge in [0, 0.05) is 10.3 Å². The van der Waals surface area contributed by atoms with Gasteiger partial charge in [-0.3, -0.25) is 0 Å². The maximum atomic E-state index is 12.5. The molecule has 2 nitrogen and oxygen atoms in total. The van der Waals surface area contributed by atoms with E-state index in [0.717, 1.165) is 12.1 Å². The maximum absolute atomic E-state index is 12.5. The third kappa shape index (κ3) is 2.78. The summed E-state index contributed by atoms with van der Waals surface area (Å²) in [6, 6.07) is 4.90. The van der Waals surface area contributed by atoms with Gasteiger partial charge < -0.3 is 5.11 Å². The molecule has 0 fully saturated rings. The molecule has 100 valence electrons. The quantitative estimate of drug-likeness (QED) is 0.886. The number of rotatable bonds is 2. The number of hydrogen-bond donors (Lipinski definition) is 1. The Morgan fingerprint density at radius 1 is 1.26 bits per heavy atom. The zero-order valence-corrected chi connectivity index (χ0v) is 10.6. The molecule has 0 bridgehead atoms. The lowest BCUT2D eigenvalue weighted by atomic mass is 10.0. The largest absolute Gasteiger partial charge is 0.478 e. The van der Waals surface area contributed by atoms with Crippen LogP contribution in [0.2, 0.25) is 0 Å². The van der Waals surface area contributed by atoms with Gasteiger partial charge >= 0.3 is 12.1 Å². The molecule has 0 aliphatic carbocycles. The van der Waals surface area contributed by atoms with Gasteiger partial charge in [-0.1, -0.05) is 6.07 Å². The lowest BCUT2D eigenvalue weighted by Gasteiger charge is -2.10. The van der Waals surface area contributed by atoms with Crippen LogP contribution < -0.4 is 0 Å². The van der Waals surface area contributed by atoms with Crippen molar-refractivity contribution in [2.24, 2.45) is 0 Å². The van der Waals surface area contributed by atoms with Gasteiger partial charge in [0.2, 0.25) is 0 Å². The van der Waals surface area contributed by atoms with Crippen molar-refractivity contribution in [2.45, 2.75) is 13.1 Å². The van der Waals surface area contributed by atoms with Crippen LogP contribution in [0.25, 0.3) is 10.4 Å². The van der Waals surface area contributed by atoms with Crippen LogP contribution >= 0.6 is 11.3 Å². The fourth-order valence-corrected chi connectivity index (χ4v) is 2.68. The van der Waals surface area contributed by atoms with E-state index in [9.17, 15) is 18.0 Å². The molecule has 0 spiro atoms.